The van der Waals surface area contributed by atoms with Crippen molar-refractivity contribution in [2.45, 2.75) is 0 Å². The van der Waals surface area contributed by atoms with E-state index in [-0.39, 0.29) is 0 Å². The van der Waals surface area contributed by atoms with Gasteiger partial charge in [0.1, 0.15) is 17.0 Å². The monoisotopic (exact) mass is 652 g/mol. The predicted octanol–water partition coefficient (Wildman–Crippen LogP) is 12.1. The summed E-state index contributed by atoms with van der Waals surface area (Å²) in [6, 6.07) is 55.3. The van der Waals surface area contributed by atoms with E-state index in [0.717, 1.165) is 83.5 Å². The zero-order valence-corrected chi connectivity index (χ0v) is 27.3. The van der Waals surface area contributed by atoms with Crippen molar-refractivity contribution < 1.29 is 4.42 Å². The van der Waals surface area contributed by atoms with Crippen LogP contribution < -0.4 is 0 Å². The third kappa shape index (κ3) is 4.15. The molecule has 0 aliphatic carbocycles. The Morgan fingerprint density at radius 2 is 1.29 bits per heavy atom. The number of pyridine rings is 1. The lowest BCUT2D eigenvalue weighted by Gasteiger charge is -2.13. The second-order valence-electron chi connectivity index (χ2n) is 13.1. The molecule has 5 heteroatoms. The molecule has 0 aliphatic rings. The number of hydrogen-bond acceptors (Lipinski definition) is 3. The highest BCUT2D eigenvalue weighted by Crippen LogP contribution is 2.43. The Labute approximate surface area is 292 Å². The Kier molecular flexibility index (Phi) is 5.89. The Morgan fingerprint density at radius 3 is 2.22 bits per heavy atom. The summed E-state index contributed by atoms with van der Waals surface area (Å²) < 4.78 is 8.84. The van der Waals surface area contributed by atoms with Gasteiger partial charge in [-0.15, -0.1) is 0 Å². The quantitative estimate of drug-likeness (QED) is 0.206. The van der Waals surface area contributed by atoms with Crippen LogP contribution in [0.4, 0.5) is 0 Å². The molecule has 0 atom stereocenters. The van der Waals surface area contributed by atoms with Gasteiger partial charge in [-0.2, -0.15) is 0 Å². The molecule has 0 amide bonds. The molecule has 0 fully saturated rings. The number of rotatable bonds is 4. The average molecular weight is 653 g/mol. The number of hydrogen-bond donors (Lipinski definition) is 1. The number of fused-ring (bicyclic) bond motifs is 8. The number of nitrogens with zero attached hydrogens (tertiary/aromatic N) is 3. The second kappa shape index (κ2) is 10.8. The summed E-state index contributed by atoms with van der Waals surface area (Å²) in [4.78, 5) is 14.1. The number of nitrogens with one attached hydrogen (secondary N) is 1. The first-order valence-corrected chi connectivity index (χ1v) is 17.2. The van der Waals surface area contributed by atoms with E-state index in [9.17, 15) is 0 Å². The normalized spacial score (nSPS) is 11.9. The largest absolute Gasteiger partial charge is 0.455 e. The Bertz CT molecular complexity index is 3140. The number of aromatic nitrogens is 4. The van der Waals surface area contributed by atoms with Gasteiger partial charge in [-0.25, -0.2) is 4.98 Å². The fourth-order valence-corrected chi connectivity index (χ4v) is 7.91. The van der Waals surface area contributed by atoms with Gasteiger partial charge in [-0.05, 0) is 65.5 Å². The van der Waals surface area contributed by atoms with Crippen LogP contribution in [0.3, 0.4) is 0 Å². The molecule has 0 unspecified atom stereocenters. The van der Waals surface area contributed by atoms with Crippen molar-refractivity contribution in [2.24, 2.45) is 0 Å². The number of para-hydroxylation sites is 4. The van der Waals surface area contributed by atoms with Gasteiger partial charge in [-0.3, -0.25) is 9.55 Å². The highest BCUT2D eigenvalue weighted by molar-refractivity contribution is 6.14. The molecule has 1 N–H and O–H groups in total. The van der Waals surface area contributed by atoms with Crippen LogP contribution in [0.1, 0.15) is 0 Å². The molecule has 5 nitrogen and oxygen atoms in total. The van der Waals surface area contributed by atoms with E-state index in [2.05, 4.69) is 137 Å². The predicted molar refractivity (Wildman–Crippen MR) is 209 cm³/mol. The minimum Gasteiger partial charge on any atom is -0.455 e. The van der Waals surface area contributed by atoms with Crippen LogP contribution in [0, 0.1) is 0 Å². The van der Waals surface area contributed by atoms with Gasteiger partial charge < -0.3 is 9.40 Å². The molecule has 0 spiro atoms. The molecule has 4 aromatic heterocycles. The number of H-pyrrole nitrogens is 1. The smallest absolute Gasteiger partial charge is 0.147 e. The van der Waals surface area contributed by atoms with E-state index in [1.54, 1.807) is 0 Å². The van der Waals surface area contributed by atoms with Crippen LogP contribution in [0.15, 0.2) is 168 Å². The van der Waals surface area contributed by atoms with Gasteiger partial charge in [0.15, 0.2) is 0 Å². The Balaban J connectivity index is 1.25. The van der Waals surface area contributed by atoms with E-state index >= 15 is 0 Å². The molecule has 238 valence electrons. The van der Waals surface area contributed by atoms with Gasteiger partial charge in [0.2, 0.25) is 0 Å². The topological polar surface area (TPSA) is 59.6 Å². The lowest BCUT2D eigenvalue weighted by molar-refractivity contribution is 0.670. The van der Waals surface area contributed by atoms with Gasteiger partial charge in [0.25, 0.3) is 0 Å². The van der Waals surface area contributed by atoms with Gasteiger partial charge >= 0.3 is 0 Å². The SMILES string of the molecule is c1ccc(-c2cc(-c3cccc4c3nc(-c3cccc5c3[nH]c3ccccc35)n4-c3cccc4ccccc34)cc3c2oc2ccccc23)nc1. The van der Waals surface area contributed by atoms with Crippen molar-refractivity contribution >= 4 is 65.6 Å². The van der Waals surface area contributed by atoms with Crippen molar-refractivity contribution in [3.63, 3.8) is 0 Å². The maximum atomic E-state index is 6.50. The van der Waals surface area contributed by atoms with E-state index in [0.29, 0.717) is 0 Å². The standard InChI is InChI=1S/C46H28N4O/c1-2-14-30-28(12-1)13-9-22-40(30)50-41-23-11-17-31(44(41)49-46(50)35-19-10-18-34-32-15-3-5-21-39(32)48-43(34)35)29-26-36-33-16-4-6-24-42(33)51-45(36)37(27-29)38-20-7-8-25-47-38/h1-27,48H. The highest BCUT2D eigenvalue weighted by atomic mass is 16.3. The van der Waals surface area contributed by atoms with E-state index < -0.39 is 0 Å². The van der Waals surface area contributed by atoms with Crippen molar-refractivity contribution in [1.82, 2.24) is 19.5 Å². The average Bonchev–Trinajstić information content (AvgIpc) is 3.89. The lowest BCUT2D eigenvalue weighted by atomic mass is 9.97. The Hall–Kier alpha value is -6.98. The van der Waals surface area contributed by atoms with Crippen LogP contribution >= 0.6 is 0 Å². The summed E-state index contributed by atoms with van der Waals surface area (Å²) in [6.07, 6.45) is 1.83. The Morgan fingerprint density at radius 1 is 0.549 bits per heavy atom. The number of imidazole rings is 1. The molecule has 0 radical (unpaired) electrons. The molecular weight excluding hydrogens is 625 g/mol. The molecule has 11 rings (SSSR count). The van der Waals surface area contributed by atoms with Gasteiger partial charge in [0.05, 0.1) is 27.9 Å². The molecule has 0 aliphatic heterocycles. The van der Waals surface area contributed by atoms with Crippen molar-refractivity contribution in [3.8, 4) is 39.5 Å². The van der Waals surface area contributed by atoms with E-state index in [1.807, 2.05) is 36.5 Å². The minimum atomic E-state index is 0.832. The minimum absolute atomic E-state index is 0.832. The van der Waals surface area contributed by atoms with Gasteiger partial charge in [-0.1, -0.05) is 103 Å². The fraction of sp³-hybridized carbons (Fsp3) is 0. The number of aromatic amines is 1. The number of benzene rings is 7. The zero-order valence-electron chi connectivity index (χ0n) is 27.3. The fourth-order valence-electron chi connectivity index (χ4n) is 7.91. The summed E-state index contributed by atoms with van der Waals surface area (Å²) in [6.45, 7) is 0. The maximum absolute atomic E-state index is 6.50. The van der Waals surface area contributed by atoms with Crippen molar-refractivity contribution in [2.75, 3.05) is 0 Å². The van der Waals surface area contributed by atoms with Crippen LogP contribution in [-0.2, 0) is 0 Å². The summed E-state index contributed by atoms with van der Waals surface area (Å²) in [5.74, 6) is 0.880. The first-order valence-electron chi connectivity index (χ1n) is 17.2. The molecule has 11 aromatic rings. The number of furan rings is 1. The summed E-state index contributed by atoms with van der Waals surface area (Å²) in [7, 11) is 0. The third-order valence-corrected chi connectivity index (χ3v) is 10.2. The third-order valence-electron chi connectivity index (χ3n) is 10.2. The molecule has 0 saturated carbocycles. The van der Waals surface area contributed by atoms with Crippen LogP contribution in [0.25, 0.3) is 105 Å². The van der Waals surface area contributed by atoms with E-state index in [1.165, 1.54) is 21.5 Å². The molecule has 0 saturated heterocycles. The van der Waals surface area contributed by atoms with E-state index in [4.69, 9.17) is 14.4 Å². The van der Waals surface area contributed by atoms with Crippen LogP contribution in [0.5, 0.6) is 0 Å². The van der Waals surface area contributed by atoms with Gasteiger partial charge in [0, 0.05) is 55.3 Å². The molecule has 4 heterocycles. The molecule has 7 aromatic carbocycles. The molecular formula is C46H28N4O. The summed E-state index contributed by atoms with van der Waals surface area (Å²) in [5.41, 5.74) is 11.9. The molecule has 0 bridgehead atoms. The van der Waals surface area contributed by atoms with Crippen molar-refractivity contribution in [3.05, 3.63) is 164 Å². The highest BCUT2D eigenvalue weighted by Gasteiger charge is 2.23. The van der Waals surface area contributed by atoms with Crippen LogP contribution in [-0.4, -0.2) is 19.5 Å². The summed E-state index contributed by atoms with van der Waals surface area (Å²) in [5, 5.41) is 6.85. The lowest BCUT2D eigenvalue weighted by Crippen LogP contribution is -1.99. The van der Waals surface area contributed by atoms with Crippen LogP contribution in [0.2, 0.25) is 0 Å². The first-order chi connectivity index (χ1) is 25.3. The maximum Gasteiger partial charge on any atom is 0.147 e. The zero-order chi connectivity index (χ0) is 33.5. The summed E-state index contributed by atoms with van der Waals surface area (Å²) >= 11 is 0. The van der Waals surface area contributed by atoms with Crippen molar-refractivity contribution in [1.29, 1.82) is 0 Å². The molecule has 51 heavy (non-hydrogen) atoms. The first kappa shape index (κ1) is 27.9. The second-order valence-corrected chi connectivity index (χ2v) is 13.1.